The second-order valence-electron chi connectivity index (χ2n) is 6.39. The molecular weight excluding hydrogens is 338 g/mol. The average molecular weight is 361 g/mol. The van der Waals surface area contributed by atoms with Crippen LogP contribution in [-0.2, 0) is 24.3 Å². The molecule has 3 rings (SSSR count). The van der Waals surface area contributed by atoms with Crippen molar-refractivity contribution in [2.45, 2.75) is 19.5 Å². The number of carboxylic acids is 1. The number of rotatable bonds is 8. The molecule has 0 atom stereocenters. The summed E-state index contributed by atoms with van der Waals surface area (Å²) in [5, 5.41) is 8.97. The Kier molecular flexibility index (Phi) is 6.10. The molecule has 0 bridgehead atoms. The minimum absolute atomic E-state index is 0.0332. The van der Waals surface area contributed by atoms with Crippen molar-refractivity contribution in [2.24, 2.45) is 0 Å². The molecule has 0 aliphatic rings. The highest BCUT2D eigenvalue weighted by Crippen LogP contribution is 2.25. The normalized spacial score (nSPS) is 10.4. The second kappa shape index (κ2) is 8.90. The lowest BCUT2D eigenvalue weighted by Gasteiger charge is -2.26. The third kappa shape index (κ3) is 5.11. The third-order valence-electron chi connectivity index (χ3n) is 4.43. The topological polar surface area (TPSA) is 49.8 Å². The van der Waals surface area contributed by atoms with Gasteiger partial charge in [0.05, 0.1) is 13.5 Å². The largest absolute Gasteiger partial charge is 0.496 e. The van der Waals surface area contributed by atoms with Crippen LogP contribution < -0.4 is 9.64 Å². The predicted molar refractivity (Wildman–Crippen MR) is 107 cm³/mol. The summed E-state index contributed by atoms with van der Waals surface area (Å²) >= 11 is 0. The molecule has 0 radical (unpaired) electrons. The Balaban J connectivity index is 1.88. The molecule has 0 unspecified atom stereocenters. The molecule has 0 saturated heterocycles. The molecule has 0 aromatic heterocycles. The van der Waals surface area contributed by atoms with Gasteiger partial charge >= 0.3 is 5.97 Å². The zero-order valence-electron chi connectivity index (χ0n) is 15.3. The number of methoxy groups -OCH3 is 1. The fourth-order valence-electron chi connectivity index (χ4n) is 3.08. The van der Waals surface area contributed by atoms with Crippen LogP contribution in [0.25, 0.3) is 0 Å². The van der Waals surface area contributed by atoms with Gasteiger partial charge in [0, 0.05) is 24.3 Å². The molecule has 3 aromatic rings. The highest BCUT2D eigenvalue weighted by Gasteiger charge is 2.12. The van der Waals surface area contributed by atoms with E-state index in [0.29, 0.717) is 6.54 Å². The second-order valence-corrected chi connectivity index (χ2v) is 6.39. The van der Waals surface area contributed by atoms with Crippen LogP contribution in [-0.4, -0.2) is 18.2 Å². The summed E-state index contributed by atoms with van der Waals surface area (Å²) in [7, 11) is 1.68. The zero-order chi connectivity index (χ0) is 19.1. The van der Waals surface area contributed by atoms with Crippen molar-refractivity contribution >= 4 is 11.7 Å². The van der Waals surface area contributed by atoms with Crippen molar-refractivity contribution in [3.05, 3.63) is 95.6 Å². The van der Waals surface area contributed by atoms with E-state index in [1.54, 1.807) is 7.11 Å². The molecule has 27 heavy (non-hydrogen) atoms. The Bertz CT molecular complexity index is 876. The lowest BCUT2D eigenvalue weighted by molar-refractivity contribution is -0.136. The molecule has 0 aliphatic carbocycles. The monoisotopic (exact) mass is 361 g/mol. The van der Waals surface area contributed by atoms with Crippen molar-refractivity contribution < 1.29 is 14.6 Å². The summed E-state index contributed by atoms with van der Waals surface area (Å²) in [6.45, 7) is 1.44. The summed E-state index contributed by atoms with van der Waals surface area (Å²) in [6, 6.07) is 26.0. The van der Waals surface area contributed by atoms with Crippen LogP contribution in [0.2, 0.25) is 0 Å². The highest BCUT2D eigenvalue weighted by molar-refractivity contribution is 5.70. The van der Waals surface area contributed by atoms with Crippen molar-refractivity contribution in [1.82, 2.24) is 0 Å². The average Bonchev–Trinajstić information content (AvgIpc) is 2.69. The lowest BCUT2D eigenvalue weighted by atomic mass is 10.1. The molecule has 1 N–H and O–H groups in total. The van der Waals surface area contributed by atoms with Crippen molar-refractivity contribution in [3.8, 4) is 5.75 Å². The van der Waals surface area contributed by atoms with E-state index in [-0.39, 0.29) is 6.42 Å². The molecule has 4 heteroatoms. The Morgan fingerprint density at radius 1 is 0.852 bits per heavy atom. The number of carboxylic acid groups (broad SMARTS) is 1. The van der Waals surface area contributed by atoms with E-state index in [0.717, 1.165) is 29.1 Å². The van der Waals surface area contributed by atoms with E-state index in [4.69, 9.17) is 9.84 Å². The molecule has 0 spiro atoms. The lowest BCUT2D eigenvalue weighted by Crippen LogP contribution is -2.22. The van der Waals surface area contributed by atoms with Gasteiger partial charge in [-0.2, -0.15) is 0 Å². The number of anilines is 1. The maximum Gasteiger partial charge on any atom is 0.307 e. The van der Waals surface area contributed by atoms with Gasteiger partial charge in [-0.25, -0.2) is 0 Å². The van der Waals surface area contributed by atoms with Gasteiger partial charge in [-0.05, 0) is 29.3 Å². The zero-order valence-corrected chi connectivity index (χ0v) is 15.3. The van der Waals surface area contributed by atoms with Gasteiger partial charge in [0.25, 0.3) is 0 Å². The van der Waals surface area contributed by atoms with Crippen LogP contribution in [0.4, 0.5) is 5.69 Å². The van der Waals surface area contributed by atoms with E-state index < -0.39 is 5.97 Å². The molecule has 4 nitrogen and oxygen atoms in total. The molecule has 138 valence electrons. The van der Waals surface area contributed by atoms with Crippen molar-refractivity contribution in [1.29, 1.82) is 0 Å². The minimum Gasteiger partial charge on any atom is -0.496 e. The van der Waals surface area contributed by atoms with E-state index >= 15 is 0 Å². The van der Waals surface area contributed by atoms with E-state index in [1.807, 2.05) is 60.7 Å². The quantitative estimate of drug-likeness (QED) is 0.640. The van der Waals surface area contributed by atoms with Gasteiger partial charge in [-0.15, -0.1) is 0 Å². The molecule has 0 aliphatic heterocycles. The van der Waals surface area contributed by atoms with Crippen LogP contribution >= 0.6 is 0 Å². The smallest absolute Gasteiger partial charge is 0.307 e. The standard InChI is InChI=1S/C23H23NO3/c1-27-22-10-6-5-9-20(22)17-24(16-19-7-3-2-4-8-19)21-13-11-18(12-14-21)15-23(25)26/h2-14H,15-17H2,1H3,(H,25,26). The number of benzene rings is 3. The first-order valence-corrected chi connectivity index (χ1v) is 8.87. The summed E-state index contributed by atoms with van der Waals surface area (Å²) in [4.78, 5) is 13.2. The van der Waals surface area contributed by atoms with E-state index in [1.165, 1.54) is 5.56 Å². The number of para-hydroxylation sites is 1. The number of hydrogen-bond acceptors (Lipinski definition) is 3. The first-order valence-electron chi connectivity index (χ1n) is 8.87. The summed E-state index contributed by atoms with van der Waals surface area (Å²) in [5.41, 5.74) is 4.15. The van der Waals surface area contributed by atoms with Gasteiger partial charge in [0.15, 0.2) is 0 Å². The minimum atomic E-state index is -0.821. The van der Waals surface area contributed by atoms with Gasteiger partial charge < -0.3 is 14.7 Å². The van der Waals surface area contributed by atoms with E-state index in [9.17, 15) is 4.79 Å². The molecule has 0 amide bonds. The fourth-order valence-corrected chi connectivity index (χ4v) is 3.08. The number of hydrogen-bond donors (Lipinski definition) is 1. The first kappa shape index (κ1) is 18.5. The number of aliphatic carboxylic acids is 1. The maximum atomic E-state index is 10.9. The fraction of sp³-hybridized carbons (Fsp3) is 0.174. The summed E-state index contributed by atoms with van der Waals surface area (Å²) in [5.74, 6) is 0.0379. The Labute approximate surface area is 159 Å². The molecule has 0 saturated carbocycles. The highest BCUT2D eigenvalue weighted by atomic mass is 16.5. The predicted octanol–water partition coefficient (Wildman–Crippen LogP) is 4.53. The third-order valence-corrected chi connectivity index (χ3v) is 4.43. The van der Waals surface area contributed by atoms with Crippen LogP contribution in [0.5, 0.6) is 5.75 Å². The molecule has 0 heterocycles. The summed E-state index contributed by atoms with van der Waals surface area (Å²) in [6.07, 6.45) is 0.0332. The molecule has 3 aromatic carbocycles. The van der Waals surface area contributed by atoms with Gasteiger partial charge in [0.1, 0.15) is 5.75 Å². The van der Waals surface area contributed by atoms with Crippen LogP contribution in [0, 0.1) is 0 Å². The van der Waals surface area contributed by atoms with Crippen LogP contribution in [0.3, 0.4) is 0 Å². The Hall–Kier alpha value is -3.27. The van der Waals surface area contributed by atoms with E-state index in [2.05, 4.69) is 23.1 Å². The van der Waals surface area contributed by atoms with Gasteiger partial charge in [-0.3, -0.25) is 4.79 Å². The SMILES string of the molecule is COc1ccccc1CN(Cc1ccccc1)c1ccc(CC(=O)O)cc1. The maximum absolute atomic E-state index is 10.9. The van der Waals surface area contributed by atoms with Crippen LogP contribution in [0.15, 0.2) is 78.9 Å². The Morgan fingerprint density at radius 2 is 1.52 bits per heavy atom. The number of nitrogens with zero attached hydrogens (tertiary/aromatic N) is 1. The van der Waals surface area contributed by atoms with Gasteiger partial charge in [0.2, 0.25) is 0 Å². The van der Waals surface area contributed by atoms with Crippen molar-refractivity contribution in [3.63, 3.8) is 0 Å². The number of carbonyl (C=O) groups is 1. The molecular formula is C23H23NO3. The van der Waals surface area contributed by atoms with Gasteiger partial charge in [-0.1, -0.05) is 60.7 Å². The molecule has 0 fully saturated rings. The number of ether oxygens (including phenoxy) is 1. The Morgan fingerprint density at radius 3 is 2.19 bits per heavy atom. The summed E-state index contributed by atoms with van der Waals surface area (Å²) < 4.78 is 5.50. The van der Waals surface area contributed by atoms with Crippen LogP contribution in [0.1, 0.15) is 16.7 Å². The first-order chi connectivity index (χ1) is 13.2. The van der Waals surface area contributed by atoms with Crippen molar-refractivity contribution in [2.75, 3.05) is 12.0 Å².